The van der Waals surface area contributed by atoms with E-state index in [1.165, 1.54) is 49.3 Å². The van der Waals surface area contributed by atoms with Gasteiger partial charge in [0.25, 0.3) is 0 Å². The number of nitrogens with two attached hydrogens (primary N) is 1. The number of rotatable bonds is 7. The molecule has 1 heterocycles. The minimum atomic E-state index is 0. The summed E-state index contributed by atoms with van der Waals surface area (Å²) < 4.78 is 0. The Hall–Kier alpha value is -1.80. The highest BCUT2D eigenvalue weighted by Gasteiger charge is 2.26. The van der Waals surface area contributed by atoms with Crippen molar-refractivity contribution in [1.29, 1.82) is 0 Å². The van der Waals surface area contributed by atoms with Gasteiger partial charge in [0, 0.05) is 44.1 Å². The SMILES string of the molecule is CCc1ccc(NC(N)=NCc2ccc(N3CCN(CC4CC4)CC3)cc2)cc1.I. The molecule has 1 saturated heterocycles. The van der Waals surface area contributed by atoms with Crippen molar-refractivity contribution in [2.45, 2.75) is 32.7 Å². The largest absolute Gasteiger partial charge is 0.370 e. The van der Waals surface area contributed by atoms with Crippen LogP contribution in [0.1, 0.15) is 30.9 Å². The smallest absolute Gasteiger partial charge is 0.193 e. The summed E-state index contributed by atoms with van der Waals surface area (Å²) in [6.07, 6.45) is 3.92. The highest BCUT2D eigenvalue weighted by atomic mass is 127. The number of hydrogen-bond acceptors (Lipinski definition) is 3. The van der Waals surface area contributed by atoms with Crippen molar-refractivity contribution < 1.29 is 0 Å². The molecule has 0 amide bonds. The van der Waals surface area contributed by atoms with Crippen molar-refractivity contribution in [2.24, 2.45) is 16.6 Å². The van der Waals surface area contributed by atoms with Gasteiger partial charge in [-0.2, -0.15) is 0 Å². The number of aliphatic imine (C=N–C) groups is 1. The number of nitrogens with one attached hydrogen (secondary N) is 1. The Kier molecular flexibility index (Phi) is 8.39. The van der Waals surface area contributed by atoms with Crippen LogP contribution < -0.4 is 16.0 Å². The van der Waals surface area contributed by atoms with Gasteiger partial charge in [-0.3, -0.25) is 4.90 Å². The summed E-state index contributed by atoms with van der Waals surface area (Å²) in [6.45, 7) is 8.66. The standard InChI is InChI=1S/C24H33N5.HI/c1-2-19-5-9-22(10-6-19)27-24(25)26-17-20-7-11-23(12-8-20)29-15-13-28(14-16-29)18-21-3-4-21;/h5-12,21H,2-4,13-18H2,1H3,(H3,25,26,27);1H. The number of hydrogen-bond donors (Lipinski definition) is 2. The average molecular weight is 519 g/mol. The minimum absolute atomic E-state index is 0. The third-order valence-corrected chi connectivity index (χ3v) is 5.95. The molecule has 1 aliphatic heterocycles. The molecule has 4 rings (SSSR count). The normalized spacial score (nSPS) is 17.5. The average Bonchev–Trinajstić information content (AvgIpc) is 3.58. The lowest BCUT2D eigenvalue weighted by Crippen LogP contribution is -2.47. The zero-order valence-corrected chi connectivity index (χ0v) is 20.2. The van der Waals surface area contributed by atoms with E-state index in [4.69, 9.17) is 5.73 Å². The molecule has 0 aromatic heterocycles. The van der Waals surface area contributed by atoms with Crippen LogP contribution in [0.5, 0.6) is 0 Å². The lowest BCUT2D eigenvalue weighted by Gasteiger charge is -2.36. The van der Waals surface area contributed by atoms with Gasteiger partial charge in [0.1, 0.15) is 0 Å². The van der Waals surface area contributed by atoms with Crippen LogP contribution in [0.25, 0.3) is 0 Å². The second-order valence-corrected chi connectivity index (χ2v) is 8.27. The summed E-state index contributed by atoms with van der Waals surface area (Å²) in [4.78, 5) is 9.60. The molecule has 2 aromatic carbocycles. The summed E-state index contributed by atoms with van der Waals surface area (Å²) in [5.74, 6) is 1.43. The van der Waals surface area contributed by atoms with E-state index in [0.29, 0.717) is 12.5 Å². The van der Waals surface area contributed by atoms with Gasteiger partial charge in [0.05, 0.1) is 6.54 Å². The first-order valence-electron chi connectivity index (χ1n) is 10.9. The number of nitrogens with zero attached hydrogens (tertiary/aromatic N) is 3. The highest BCUT2D eigenvalue weighted by Crippen LogP contribution is 2.30. The number of anilines is 2. The lowest BCUT2D eigenvalue weighted by molar-refractivity contribution is 0.248. The van der Waals surface area contributed by atoms with Crippen molar-refractivity contribution in [2.75, 3.05) is 42.9 Å². The molecular formula is C24H34IN5. The maximum absolute atomic E-state index is 6.05. The molecule has 1 saturated carbocycles. The van der Waals surface area contributed by atoms with Gasteiger partial charge >= 0.3 is 0 Å². The van der Waals surface area contributed by atoms with Crippen molar-refractivity contribution in [3.63, 3.8) is 0 Å². The van der Waals surface area contributed by atoms with Gasteiger partial charge in [-0.25, -0.2) is 4.99 Å². The number of piperazine rings is 1. The molecule has 0 unspecified atom stereocenters. The third kappa shape index (κ3) is 6.60. The molecule has 0 bridgehead atoms. The predicted molar refractivity (Wildman–Crippen MR) is 138 cm³/mol. The van der Waals surface area contributed by atoms with Crippen LogP contribution >= 0.6 is 24.0 Å². The first kappa shape index (κ1) is 22.9. The van der Waals surface area contributed by atoms with E-state index in [0.717, 1.165) is 31.1 Å². The number of benzene rings is 2. The van der Waals surface area contributed by atoms with E-state index in [9.17, 15) is 0 Å². The molecule has 6 heteroatoms. The topological polar surface area (TPSA) is 56.9 Å². The van der Waals surface area contributed by atoms with Gasteiger partial charge in [-0.1, -0.05) is 31.2 Å². The van der Waals surface area contributed by atoms with E-state index in [1.54, 1.807) is 0 Å². The van der Waals surface area contributed by atoms with E-state index < -0.39 is 0 Å². The monoisotopic (exact) mass is 519 g/mol. The third-order valence-electron chi connectivity index (χ3n) is 5.95. The molecule has 1 aliphatic carbocycles. The van der Waals surface area contributed by atoms with Crippen LogP contribution in [-0.4, -0.2) is 43.6 Å². The highest BCUT2D eigenvalue weighted by molar-refractivity contribution is 14.0. The Bertz CT molecular complexity index is 806. The summed E-state index contributed by atoms with van der Waals surface area (Å²) in [5, 5.41) is 3.16. The molecule has 0 radical (unpaired) electrons. The van der Waals surface area contributed by atoms with Crippen molar-refractivity contribution in [1.82, 2.24) is 4.90 Å². The van der Waals surface area contributed by atoms with Gasteiger partial charge in [-0.05, 0) is 60.6 Å². The molecule has 0 spiro atoms. The van der Waals surface area contributed by atoms with Crippen LogP contribution in [-0.2, 0) is 13.0 Å². The fourth-order valence-corrected chi connectivity index (χ4v) is 3.85. The molecule has 30 heavy (non-hydrogen) atoms. The first-order valence-corrected chi connectivity index (χ1v) is 10.9. The Morgan fingerprint density at radius 2 is 1.60 bits per heavy atom. The van der Waals surface area contributed by atoms with Crippen LogP contribution in [0, 0.1) is 5.92 Å². The van der Waals surface area contributed by atoms with E-state index in [2.05, 4.69) is 63.4 Å². The number of halogens is 1. The van der Waals surface area contributed by atoms with Gasteiger partial charge in [0.2, 0.25) is 0 Å². The van der Waals surface area contributed by atoms with Gasteiger partial charge in [-0.15, -0.1) is 24.0 Å². The van der Waals surface area contributed by atoms with E-state index in [1.807, 2.05) is 12.1 Å². The molecule has 3 N–H and O–H groups in total. The molecule has 5 nitrogen and oxygen atoms in total. The quantitative estimate of drug-likeness (QED) is 0.325. The van der Waals surface area contributed by atoms with Crippen molar-refractivity contribution in [3.05, 3.63) is 59.7 Å². The second-order valence-electron chi connectivity index (χ2n) is 8.27. The van der Waals surface area contributed by atoms with Crippen LogP contribution in [0.2, 0.25) is 0 Å². The van der Waals surface area contributed by atoms with E-state index >= 15 is 0 Å². The Morgan fingerprint density at radius 1 is 0.967 bits per heavy atom. The molecule has 0 atom stereocenters. The fourth-order valence-electron chi connectivity index (χ4n) is 3.85. The fraction of sp³-hybridized carbons (Fsp3) is 0.458. The Balaban J connectivity index is 0.00000256. The van der Waals surface area contributed by atoms with Crippen molar-refractivity contribution >= 4 is 41.3 Å². The maximum atomic E-state index is 6.05. The minimum Gasteiger partial charge on any atom is -0.370 e. The Morgan fingerprint density at radius 3 is 2.20 bits per heavy atom. The molecule has 162 valence electrons. The summed E-state index contributed by atoms with van der Waals surface area (Å²) in [7, 11) is 0. The summed E-state index contributed by atoms with van der Waals surface area (Å²) in [6, 6.07) is 17.1. The molecule has 2 aliphatic rings. The zero-order valence-electron chi connectivity index (χ0n) is 17.9. The van der Waals surface area contributed by atoms with E-state index in [-0.39, 0.29) is 24.0 Å². The van der Waals surface area contributed by atoms with Crippen LogP contribution in [0.4, 0.5) is 11.4 Å². The Labute approximate surface area is 197 Å². The summed E-state index contributed by atoms with van der Waals surface area (Å²) in [5.41, 5.74) is 10.8. The first-order chi connectivity index (χ1) is 14.2. The van der Waals surface area contributed by atoms with Gasteiger partial charge in [0.15, 0.2) is 5.96 Å². The second kappa shape index (κ2) is 11.0. The number of guanidine groups is 1. The summed E-state index contributed by atoms with van der Waals surface area (Å²) >= 11 is 0. The van der Waals surface area contributed by atoms with Crippen LogP contribution in [0.3, 0.4) is 0 Å². The molecular weight excluding hydrogens is 485 g/mol. The number of aryl methyl sites for hydroxylation is 1. The molecule has 2 fully saturated rings. The zero-order chi connectivity index (χ0) is 20.1. The lowest BCUT2D eigenvalue weighted by atomic mass is 10.1. The van der Waals surface area contributed by atoms with Crippen molar-refractivity contribution in [3.8, 4) is 0 Å². The van der Waals surface area contributed by atoms with Crippen LogP contribution in [0.15, 0.2) is 53.5 Å². The maximum Gasteiger partial charge on any atom is 0.193 e. The predicted octanol–water partition coefficient (Wildman–Crippen LogP) is 4.33. The van der Waals surface area contributed by atoms with Gasteiger partial charge < -0.3 is 16.0 Å². The molecule has 2 aromatic rings.